The molecular formula is C13H28N2O. The van der Waals surface area contributed by atoms with Crippen molar-refractivity contribution in [2.75, 3.05) is 45.9 Å². The predicted molar refractivity (Wildman–Crippen MR) is 68.8 cm³/mol. The zero-order valence-corrected chi connectivity index (χ0v) is 11.2. The quantitative estimate of drug-likeness (QED) is 0.640. The van der Waals surface area contributed by atoms with Crippen LogP contribution in [0, 0.1) is 5.41 Å². The lowest BCUT2D eigenvalue weighted by molar-refractivity contribution is 0.0509. The molecule has 0 aromatic carbocycles. The molecule has 3 heteroatoms. The van der Waals surface area contributed by atoms with Gasteiger partial charge in [-0.05, 0) is 32.5 Å². The topological polar surface area (TPSA) is 24.5 Å². The van der Waals surface area contributed by atoms with E-state index in [0.29, 0.717) is 0 Å². The largest absolute Gasteiger partial charge is 0.380 e. The molecule has 0 atom stereocenters. The molecule has 0 aromatic rings. The fourth-order valence-electron chi connectivity index (χ4n) is 2.06. The van der Waals surface area contributed by atoms with Crippen molar-refractivity contribution in [2.24, 2.45) is 5.41 Å². The minimum atomic E-state index is 0.251. The van der Waals surface area contributed by atoms with Crippen molar-refractivity contribution in [2.45, 2.75) is 33.6 Å². The highest BCUT2D eigenvalue weighted by atomic mass is 16.5. The molecule has 3 nitrogen and oxygen atoms in total. The van der Waals surface area contributed by atoms with Crippen molar-refractivity contribution in [1.82, 2.24) is 10.2 Å². The third-order valence-electron chi connectivity index (χ3n) is 3.10. The smallest absolute Gasteiger partial charge is 0.0593 e. The number of nitrogens with zero attached hydrogens (tertiary/aromatic N) is 1. The summed E-state index contributed by atoms with van der Waals surface area (Å²) >= 11 is 0. The van der Waals surface area contributed by atoms with E-state index in [4.69, 9.17) is 4.74 Å². The summed E-state index contributed by atoms with van der Waals surface area (Å²) in [5, 5.41) is 3.38. The summed E-state index contributed by atoms with van der Waals surface area (Å²) in [5.74, 6) is 0. The summed E-state index contributed by atoms with van der Waals surface area (Å²) in [6.45, 7) is 14.1. The van der Waals surface area contributed by atoms with Crippen LogP contribution in [-0.4, -0.2) is 50.8 Å². The predicted octanol–water partition coefficient (Wildman–Crippen LogP) is 1.73. The molecule has 0 unspecified atom stereocenters. The molecule has 1 saturated heterocycles. The molecule has 0 amide bonds. The highest BCUT2D eigenvalue weighted by Crippen LogP contribution is 2.14. The van der Waals surface area contributed by atoms with Gasteiger partial charge in [-0.2, -0.15) is 0 Å². The van der Waals surface area contributed by atoms with Crippen molar-refractivity contribution >= 4 is 0 Å². The van der Waals surface area contributed by atoms with Gasteiger partial charge in [0.15, 0.2) is 0 Å². The summed E-state index contributed by atoms with van der Waals surface area (Å²) in [5.41, 5.74) is 0.251. The van der Waals surface area contributed by atoms with Crippen molar-refractivity contribution in [3.05, 3.63) is 0 Å². The van der Waals surface area contributed by atoms with Crippen LogP contribution in [0.5, 0.6) is 0 Å². The molecule has 16 heavy (non-hydrogen) atoms. The normalized spacial score (nSPS) is 18.2. The second-order valence-electron chi connectivity index (χ2n) is 5.55. The van der Waals surface area contributed by atoms with Gasteiger partial charge in [0.2, 0.25) is 0 Å². The molecule has 0 spiro atoms. The molecule has 0 aromatic heterocycles. The van der Waals surface area contributed by atoms with Gasteiger partial charge >= 0.3 is 0 Å². The Morgan fingerprint density at radius 3 is 2.56 bits per heavy atom. The van der Waals surface area contributed by atoms with E-state index in [2.05, 4.69) is 31.0 Å². The van der Waals surface area contributed by atoms with Gasteiger partial charge in [-0.15, -0.1) is 0 Å². The number of ether oxygens (including phenoxy) is 1. The Bertz CT molecular complexity index is 177. The first kappa shape index (κ1) is 13.9. The van der Waals surface area contributed by atoms with Crippen LogP contribution in [0.1, 0.15) is 33.6 Å². The van der Waals surface area contributed by atoms with Gasteiger partial charge in [-0.25, -0.2) is 0 Å². The zero-order chi connectivity index (χ0) is 11.9. The second kappa shape index (κ2) is 7.25. The molecule has 1 fully saturated rings. The number of nitrogens with one attached hydrogen (secondary N) is 1. The standard InChI is InChI=1S/C13H28N2O/c1-4-14-11-13(2,3)12-16-10-9-15-7-5-6-8-15/h14H,4-12H2,1-3H3. The Morgan fingerprint density at radius 1 is 1.25 bits per heavy atom. The average Bonchev–Trinajstić information content (AvgIpc) is 2.75. The Hall–Kier alpha value is -0.120. The van der Waals surface area contributed by atoms with Crippen LogP contribution in [0.15, 0.2) is 0 Å². The Kier molecular flexibility index (Phi) is 6.32. The molecular weight excluding hydrogens is 200 g/mol. The lowest BCUT2D eigenvalue weighted by atomic mass is 9.95. The molecule has 1 heterocycles. The van der Waals surface area contributed by atoms with Crippen LogP contribution in [-0.2, 0) is 4.74 Å². The Morgan fingerprint density at radius 2 is 1.94 bits per heavy atom. The summed E-state index contributed by atoms with van der Waals surface area (Å²) in [6, 6.07) is 0. The van der Waals surface area contributed by atoms with E-state index in [1.54, 1.807) is 0 Å². The molecule has 1 aliphatic heterocycles. The van der Waals surface area contributed by atoms with Crippen LogP contribution in [0.3, 0.4) is 0 Å². The van der Waals surface area contributed by atoms with E-state index >= 15 is 0 Å². The van der Waals surface area contributed by atoms with Crippen LogP contribution < -0.4 is 5.32 Å². The minimum absolute atomic E-state index is 0.251. The summed E-state index contributed by atoms with van der Waals surface area (Å²) in [6.07, 6.45) is 2.73. The van der Waals surface area contributed by atoms with Crippen LogP contribution >= 0.6 is 0 Å². The van der Waals surface area contributed by atoms with Gasteiger partial charge in [-0.3, -0.25) is 0 Å². The molecule has 0 aliphatic carbocycles. The first-order valence-corrected chi connectivity index (χ1v) is 6.65. The van der Waals surface area contributed by atoms with Crippen molar-refractivity contribution in [3.8, 4) is 0 Å². The Balaban J connectivity index is 2.00. The lowest BCUT2D eigenvalue weighted by Gasteiger charge is -2.25. The minimum Gasteiger partial charge on any atom is -0.380 e. The van der Waals surface area contributed by atoms with Crippen molar-refractivity contribution < 1.29 is 4.74 Å². The highest BCUT2D eigenvalue weighted by molar-refractivity contribution is 4.71. The fraction of sp³-hybridized carbons (Fsp3) is 1.00. The van der Waals surface area contributed by atoms with E-state index in [1.807, 2.05) is 0 Å². The zero-order valence-electron chi connectivity index (χ0n) is 11.2. The maximum Gasteiger partial charge on any atom is 0.0593 e. The molecule has 0 radical (unpaired) electrons. The second-order valence-corrected chi connectivity index (χ2v) is 5.55. The molecule has 1 aliphatic rings. The van der Waals surface area contributed by atoms with Crippen molar-refractivity contribution in [1.29, 1.82) is 0 Å². The maximum absolute atomic E-state index is 5.78. The van der Waals surface area contributed by atoms with Crippen LogP contribution in [0.2, 0.25) is 0 Å². The number of hydrogen-bond donors (Lipinski definition) is 1. The van der Waals surface area contributed by atoms with E-state index < -0.39 is 0 Å². The monoisotopic (exact) mass is 228 g/mol. The Labute approximate surface area is 101 Å². The van der Waals surface area contributed by atoms with Gasteiger partial charge in [0.05, 0.1) is 13.2 Å². The fourth-order valence-corrected chi connectivity index (χ4v) is 2.06. The van der Waals surface area contributed by atoms with Gasteiger partial charge in [-0.1, -0.05) is 20.8 Å². The first-order valence-electron chi connectivity index (χ1n) is 6.65. The third kappa shape index (κ3) is 5.83. The van der Waals surface area contributed by atoms with Gasteiger partial charge < -0.3 is 15.0 Å². The lowest BCUT2D eigenvalue weighted by Crippen LogP contribution is -2.34. The summed E-state index contributed by atoms with van der Waals surface area (Å²) in [7, 11) is 0. The van der Waals surface area contributed by atoms with E-state index in [9.17, 15) is 0 Å². The summed E-state index contributed by atoms with van der Waals surface area (Å²) in [4.78, 5) is 2.50. The first-order chi connectivity index (χ1) is 7.64. The molecule has 1 rings (SSSR count). The SMILES string of the molecule is CCNCC(C)(C)COCCN1CCCC1. The van der Waals surface area contributed by atoms with Crippen LogP contribution in [0.25, 0.3) is 0 Å². The highest BCUT2D eigenvalue weighted by Gasteiger charge is 2.17. The maximum atomic E-state index is 5.78. The van der Waals surface area contributed by atoms with Crippen LogP contribution in [0.4, 0.5) is 0 Å². The number of likely N-dealkylation sites (tertiary alicyclic amines) is 1. The van der Waals surface area contributed by atoms with E-state index in [-0.39, 0.29) is 5.41 Å². The number of hydrogen-bond acceptors (Lipinski definition) is 3. The van der Waals surface area contributed by atoms with Gasteiger partial charge in [0, 0.05) is 18.5 Å². The van der Waals surface area contributed by atoms with Gasteiger partial charge in [0.1, 0.15) is 0 Å². The van der Waals surface area contributed by atoms with E-state index in [0.717, 1.165) is 32.8 Å². The molecule has 0 saturated carbocycles. The van der Waals surface area contributed by atoms with Gasteiger partial charge in [0.25, 0.3) is 0 Å². The number of rotatable bonds is 8. The van der Waals surface area contributed by atoms with Crippen molar-refractivity contribution in [3.63, 3.8) is 0 Å². The molecule has 1 N–H and O–H groups in total. The third-order valence-corrected chi connectivity index (χ3v) is 3.10. The molecule has 0 bridgehead atoms. The molecule has 96 valence electrons. The average molecular weight is 228 g/mol. The van der Waals surface area contributed by atoms with E-state index in [1.165, 1.54) is 25.9 Å². The summed E-state index contributed by atoms with van der Waals surface area (Å²) < 4.78 is 5.78.